The van der Waals surface area contributed by atoms with Gasteiger partial charge in [0.15, 0.2) is 0 Å². The Morgan fingerprint density at radius 1 is 0.439 bits per heavy atom. The average molecular weight is 740 g/mol. The number of rotatable bonds is 4. The van der Waals surface area contributed by atoms with Crippen LogP contribution in [-0.2, 0) is 28.1 Å². The zero-order valence-electron chi connectivity index (χ0n) is 34.8. The van der Waals surface area contributed by atoms with E-state index in [1.54, 1.807) is 0 Å². The van der Waals surface area contributed by atoms with Crippen LogP contribution in [0, 0.1) is 0 Å². The Balaban J connectivity index is 1.21. The molecule has 0 fully saturated rings. The number of benzene rings is 7. The number of hydrogen-bond acceptors (Lipinski definition) is 1. The first-order chi connectivity index (χ1) is 27.3. The summed E-state index contributed by atoms with van der Waals surface area (Å²) in [7, 11) is 0. The maximum Gasteiger partial charge on any atom is 0.0470 e. The lowest BCUT2D eigenvalue weighted by Gasteiger charge is -2.33. The summed E-state index contributed by atoms with van der Waals surface area (Å²) in [6.07, 6.45) is 2.17. The average Bonchev–Trinajstić information content (AvgIpc) is 3.81. The predicted molar refractivity (Wildman–Crippen MR) is 242 cm³/mol. The minimum absolute atomic E-state index is 0.0219. The fourth-order valence-corrected chi connectivity index (χ4v) is 10.6. The van der Waals surface area contributed by atoms with Crippen molar-refractivity contribution in [1.29, 1.82) is 0 Å². The van der Waals surface area contributed by atoms with E-state index in [0.717, 1.165) is 12.8 Å². The molecule has 0 N–H and O–H groups in total. The fourth-order valence-electron chi connectivity index (χ4n) is 10.6. The first-order valence-electron chi connectivity index (χ1n) is 20.9. The van der Waals surface area contributed by atoms with Gasteiger partial charge in [-0.25, -0.2) is 0 Å². The topological polar surface area (TPSA) is 3.24 Å². The van der Waals surface area contributed by atoms with Gasteiger partial charge < -0.3 is 4.90 Å². The molecule has 0 radical (unpaired) electrons. The minimum atomic E-state index is -0.166. The van der Waals surface area contributed by atoms with Gasteiger partial charge in [0.05, 0.1) is 0 Å². The zero-order chi connectivity index (χ0) is 39.5. The third kappa shape index (κ3) is 5.35. The highest BCUT2D eigenvalue weighted by atomic mass is 15.1. The SMILES string of the molecule is CC(C)(C)c1cc(N(c2cccc(-c3cccc4c3C(C)(C)c3ccccc3-4)c2)c2ccc3c(c2)C2(CCc4ccccc42)c2ccccc2-3)cc(C(C)(C)C)c1. The number of fused-ring (bicyclic) bond motifs is 10. The van der Waals surface area contributed by atoms with Crippen molar-refractivity contribution in [3.63, 3.8) is 0 Å². The van der Waals surface area contributed by atoms with Gasteiger partial charge in [-0.1, -0.05) is 171 Å². The molecule has 0 bridgehead atoms. The zero-order valence-corrected chi connectivity index (χ0v) is 34.8. The molecule has 0 amide bonds. The molecule has 0 saturated heterocycles. The Labute approximate surface area is 340 Å². The van der Waals surface area contributed by atoms with Crippen molar-refractivity contribution >= 4 is 17.1 Å². The summed E-state index contributed by atoms with van der Waals surface area (Å²) >= 11 is 0. The summed E-state index contributed by atoms with van der Waals surface area (Å²) in [5, 5.41) is 0. The van der Waals surface area contributed by atoms with Crippen molar-refractivity contribution < 1.29 is 0 Å². The molecule has 0 aliphatic heterocycles. The number of anilines is 3. The van der Waals surface area contributed by atoms with E-state index in [0.29, 0.717) is 0 Å². The Hall–Kier alpha value is -5.66. The van der Waals surface area contributed by atoms with Crippen molar-refractivity contribution in [1.82, 2.24) is 0 Å². The van der Waals surface area contributed by atoms with Gasteiger partial charge in [-0.3, -0.25) is 0 Å². The van der Waals surface area contributed by atoms with Crippen LogP contribution < -0.4 is 4.90 Å². The van der Waals surface area contributed by atoms with Crippen molar-refractivity contribution in [2.45, 2.75) is 89.9 Å². The first kappa shape index (κ1) is 35.7. The van der Waals surface area contributed by atoms with Crippen LogP contribution in [0.25, 0.3) is 33.4 Å². The van der Waals surface area contributed by atoms with Crippen LogP contribution >= 0.6 is 0 Å². The highest BCUT2D eigenvalue weighted by molar-refractivity contribution is 5.91. The third-order valence-electron chi connectivity index (χ3n) is 13.5. The van der Waals surface area contributed by atoms with Crippen molar-refractivity contribution in [3.05, 3.63) is 196 Å². The molecule has 1 atom stereocenters. The monoisotopic (exact) mass is 739 g/mol. The Morgan fingerprint density at radius 2 is 1.00 bits per heavy atom. The summed E-state index contributed by atoms with van der Waals surface area (Å²) in [4.78, 5) is 2.55. The first-order valence-corrected chi connectivity index (χ1v) is 20.9. The molecule has 1 spiro atoms. The molecule has 0 saturated carbocycles. The summed E-state index contributed by atoms with van der Waals surface area (Å²) < 4.78 is 0. The van der Waals surface area contributed by atoms with Gasteiger partial charge in [0, 0.05) is 27.9 Å². The maximum absolute atomic E-state index is 2.55. The van der Waals surface area contributed by atoms with Crippen molar-refractivity contribution in [2.24, 2.45) is 0 Å². The van der Waals surface area contributed by atoms with E-state index >= 15 is 0 Å². The molecule has 282 valence electrons. The molecular formula is C56H53N. The summed E-state index contributed by atoms with van der Waals surface area (Å²) in [5.74, 6) is 0. The number of nitrogens with zero attached hydrogens (tertiary/aromatic N) is 1. The molecule has 1 nitrogen and oxygen atoms in total. The van der Waals surface area contributed by atoms with E-state index < -0.39 is 0 Å². The Kier molecular flexibility index (Phi) is 7.79. The normalized spacial score (nSPS) is 17.2. The van der Waals surface area contributed by atoms with E-state index in [1.165, 1.54) is 95.0 Å². The van der Waals surface area contributed by atoms with Gasteiger partial charge in [-0.2, -0.15) is 0 Å². The summed E-state index contributed by atoms with van der Waals surface area (Å²) in [5.41, 5.74) is 22.6. The van der Waals surface area contributed by atoms with Crippen LogP contribution in [0.15, 0.2) is 152 Å². The lowest BCUT2D eigenvalue weighted by Crippen LogP contribution is -2.24. The third-order valence-corrected chi connectivity index (χ3v) is 13.5. The standard InChI is InChI=1S/C56H53N/c1-53(2,3)38-32-39(54(4,5)6)34-42(33-38)57(40-19-15-18-37(31-40)43-22-16-23-47-45-21-10-13-25-49(45)55(7,8)52(43)47)41-27-28-46-44-20-11-14-26-50(44)56(51(46)35-41)30-29-36-17-9-12-24-48(36)56/h9-28,31-35H,29-30H2,1-8H3. The van der Waals surface area contributed by atoms with Crippen LogP contribution in [0.3, 0.4) is 0 Å². The summed E-state index contributed by atoms with van der Waals surface area (Å²) in [6.45, 7) is 18.8. The van der Waals surface area contributed by atoms with Crippen LogP contribution in [0.4, 0.5) is 17.1 Å². The molecule has 57 heavy (non-hydrogen) atoms. The van der Waals surface area contributed by atoms with E-state index in [2.05, 4.69) is 212 Å². The molecule has 7 aromatic carbocycles. The minimum Gasteiger partial charge on any atom is -0.310 e. The van der Waals surface area contributed by atoms with Crippen LogP contribution in [0.5, 0.6) is 0 Å². The van der Waals surface area contributed by atoms with Crippen LogP contribution in [0.2, 0.25) is 0 Å². The number of aryl methyl sites for hydroxylation is 1. The Bertz CT molecular complexity index is 2710. The smallest absolute Gasteiger partial charge is 0.0470 e. The summed E-state index contributed by atoms with van der Waals surface area (Å²) in [6, 6.07) is 58.2. The van der Waals surface area contributed by atoms with Crippen LogP contribution in [0.1, 0.15) is 106 Å². The lowest BCUT2D eigenvalue weighted by atomic mass is 9.73. The van der Waals surface area contributed by atoms with E-state index in [9.17, 15) is 0 Å². The quantitative estimate of drug-likeness (QED) is 0.174. The van der Waals surface area contributed by atoms with Gasteiger partial charge in [0.25, 0.3) is 0 Å². The largest absolute Gasteiger partial charge is 0.310 e. The maximum atomic E-state index is 2.55. The molecule has 3 aliphatic carbocycles. The molecular weight excluding hydrogens is 687 g/mol. The molecule has 1 heteroatoms. The lowest BCUT2D eigenvalue weighted by molar-refractivity contribution is 0.569. The second-order valence-electron chi connectivity index (χ2n) is 19.4. The molecule has 3 aliphatic rings. The van der Waals surface area contributed by atoms with Crippen molar-refractivity contribution in [2.75, 3.05) is 4.90 Å². The van der Waals surface area contributed by atoms with Gasteiger partial charge in [0.1, 0.15) is 0 Å². The van der Waals surface area contributed by atoms with E-state index in [-0.39, 0.29) is 21.7 Å². The molecule has 7 aromatic rings. The molecule has 0 aromatic heterocycles. The van der Waals surface area contributed by atoms with Gasteiger partial charge >= 0.3 is 0 Å². The second-order valence-corrected chi connectivity index (χ2v) is 19.4. The highest BCUT2D eigenvalue weighted by Crippen LogP contribution is 2.59. The second kappa shape index (κ2) is 12.4. The number of hydrogen-bond donors (Lipinski definition) is 0. The molecule has 0 heterocycles. The van der Waals surface area contributed by atoms with E-state index in [1.807, 2.05) is 0 Å². The molecule has 10 rings (SSSR count). The highest BCUT2D eigenvalue weighted by Gasteiger charge is 2.48. The predicted octanol–water partition coefficient (Wildman–Crippen LogP) is 15.0. The fraction of sp³-hybridized carbons (Fsp3) is 0.250. The Morgan fingerprint density at radius 3 is 1.72 bits per heavy atom. The van der Waals surface area contributed by atoms with E-state index in [4.69, 9.17) is 0 Å². The van der Waals surface area contributed by atoms with Crippen molar-refractivity contribution in [3.8, 4) is 33.4 Å². The molecule has 1 unspecified atom stereocenters. The van der Waals surface area contributed by atoms with Gasteiger partial charge in [-0.05, 0) is 138 Å². The van der Waals surface area contributed by atoms with Gasteiger partial charge in [0.2, 0.25) is 0 Å². The van der Waals surface area contributed by atoms with Crippen LogP contribution in [-0.4, -0.2) is 0 Å². The van der Waals surface area contributed by atoms with Gasteiger partial charge in [-0.15, -0.1) is 0 Å².